The van der Waals surface area contributed by atoms with Gasteiger partial charge in [-0.3, -0.25) is 15.0 Å². The van der Waals surface area contributed by atoms with E-state index in [1.165, 1.54) is 12.8 Å². The van der Waals surface area contributed by atoms with E-state index < -0.39 is 5.41 Å². The van der Waals surface area contributed by atoms with Crippen molar-refractivity contribution in [3.05, 3.63) is 0 Å². The molecule has 108 valence electrons. The Labute approximate surface area is 115 Å². The van der Waals surface area contributed by atoms with Gasteiger partial charge < -0.3 is 5.43 Å². The van der Waals surface area contributed by atoms with Crippen molar-refractivity contribution in [1.82, 2.24) is 10.9 Å². The molecule has 0 aromatic rings. The molecule has 0 heterocycles. The monoisotopic (exact) mass is 268 g/mol. The zero-order chi connectivity index (χ0) is 14.1. The Kier molecular flexibility index (Phi) is 6.87. The molecule has 6 N–H and O–H groups in total. The number of nitrogens with two attached hydrogens (primary N) is 2. The fraction of sp³-hybridized carbons (Fsp3) is 0.833. The largest absolute Gasteiger partial charge is 0.303 e. The summed E-state index contributed by atoms with van der Waals surface area (Å²) < 4.78 is 0. The third-order valence-electron chi connectivity index (χ3n) is 4.17. The molecule has 0 aromatic carbocycles. The van der Waals surface area contributed by atoms with Crippen LogP contribution in [0.4, 0.5) is 4.79 Å². The minimum atomic E-state index is -0.508. The van der Waals surface area contributed by atoms with Gasteiger partial charge in [0.1, 0.15) is 0 Å². The van der Waals surface area contributed by atoms with E-state index in [2.05, 4.69) is 10.9 Å². The summed E-state index contributed by atoms with van der Waals surface area (Å²) in [6.07, 6.45) is 8.87. The molecule has 0 unspecified atom stereocenters. The molecule has 0 saturated heterocycles. The van der Waals surface area contributed by atoms with Crippen LogP contribution in [0.25, 0.3) is 0 Å². The van der Waals surface area contributed by atoms with E-state index in [1.807, 2.05) is 0 Å². The highest BCUT2D eigenvalue weighted by Gasteiger charge is 2.37. The van der Waals surface area contributed by atoms with Crippen LogP contribution in [0.3, 0.4) is 0 Å². The van der Waals surface area contributed by atoms with Crippen LogP contribution in [-0.2, 0) is 4.79 Å². The lowest BCUT2D eigenvalue weighted by Gasteiger charge is -2.31. The first kappa shape index (κ1) is 16.0. The second kappa shape index (κ2) is 8.17. The highest BCUT2D eigenvalue weighted by atomic mass is 16.2. The summed E-state index contributed by atoms with van der Waals surface area (Å²) in [5, 5.41) is 0. The molecule has 1 rings (SSSR count). The molecule has 2 amide bonds. The fourth-order valence-corrected chi connectivity index (χ4v) is 2.93. The maximum atomic E-state index is 12.2. The quantitative estimate of drug-likeness (QED) is 0.258. The Hall–Kier alpha value is -1.08. The van der Waals surface area contributed by atoms with Crippen molar-refractivity contribution in [3.63, 3.8) is 0 Å². The first-order chi connectivity index (χ1) is 9.14. The van der Waals surface area contributed by atoms with E-state index in [1.54, 1.807) is 0 Å². The zero-order valence-corrected chi connectivity index (χ0v) is 11.5. The van der Waals surface area contributed by atoms with Gasteiger partial charge in [-0.05, 0) is 12.8 Å². The van der Waals surface area contributed by atoms with E-state index in [9.17, 15) is 9.59 Å². The van der Waals surface area contributed by atoms with Gasteiger partial charge in [-0.1, -0.05) is 44.8 Å². The molecule has 7 heteroatoms. The number of nitrogens with one attached hydrogen (secondary N) is 2. The molecule has 1 aliphatic rings. The number of hydrogen-bond donors (Lipinski definition) is 4. The molecule has 0 spiro atoms. The Morgan fingerprint density at radius 1 is 0.947 bits per heavy atom. The van der Waals surface area contributed by atoms with E-state index in [-0.39, 0.29) is 19.0 Å². The Bertz CT molecular complexity index is 302. The lowest BCUT2D eigenvalue weighted by atomic mass is 9.59. The van der Waals surface area contributed by atoms with Crippen molar-refractivity contribution in [2.45, 2.75) is 57.7 Å². The Morgan fingerprint density at radius 2 is 1.47 bits per heavy atom. The standard InChI is InChI=1S/C12H25BN4O2/c14-16-10(18)12(9-13-11(19)17-15)7-5-3-1-2-4-6-8-12/h13H,1-9,14-15H2,(H,16,18)(H,17,19). The normalized spacial score (nSPS) is 19.5. The summed E-state index contributed by atoms with van der Waals surface area (Å²) in [7, 11) is 0.268. The SMILES string of the molecule is NNC(=O)BCC1(C(=O)NN)CCCCCCCC1. The van der Waals surface area contributed by atoms with Gasteiger partial charge in [0, 0.05) is 5.41 Å². The van der Waals surface area contributed by atoms with Crippen molar-refractivity contribution < 1.29 is 9.59 Å². The van der Waals surface area contributed by atoms with Gasteiger partial charge in [-0.15, -0.1) is 0 Å². The number of carbonyl (C=O) groups is 2. The predicted molar refractivity (Wildman–Crippen MR) is 76.4 cm³/mol. The van der Waals surface area contributed by atoms with Gasteiger partial charge in [-0.2, -0.15) is 0 Å². The lowest BCUT2D eigenvalue weighted by Crippen LogP contribution is -2.46. The van der Waals surface area contributed by atoms with E-state index >= 15 is 0 Å². The number of amides is 2. The topological polar surface area (TPSA) is 110 Å². The van der Waals surface area contributed by atoms with Crippen molar-refractivity contribution in [1.29, 1.82) is 0 Å². The van der Waals surface area contributed by atoms with E-state index in [4.69, 9.17) is 11.7 Å². The molecular weight excluding hydrogens is 243 g/mol. The van der Waals surface area contributed by atoms with Crippen molar-refractivity contribution in [3.8, 4) is 0 Å². The van der Waals surface area contributed by atoms with Gasteiger partial charge in [0.2, 0.25) is 13.2 Å². The maximum absolute atomic E-state index is 12.2. The van der Waals surface area contributed by atoms with Crippen LogP contribution in [0.1, 0.15) is 51.4 Å². The van der Waals surface area contributed by atoms with Gasteiger partial charge >= 0.3 is 0 Å². The number of hydrogen-bond acceptors (Lipinski definition) is 4. The molecule has 0 atom stereocenters. The average molecular weight is 268 g/mol. The van der Waals surface area contributed by atoms with Crippen LogP contribution in [0.2, 0.25) is 6.32 Å². The highest BCUT2D eigenvalue weighted by molar-refractivity contribution is 6.73. The molecule has 0 radical (unpaired) electrons. The molecule has 0 aliphatic heterocycles. The summed E-state index contributed by atoms with van der Waals surface area (Å²) in [5.41, 5.74) is 3.89. The number of carbonyl (C=O) groups excluding carboxylic acids is 2. The van der Waals surface area contributed by atoms with Crippen LogP contribution < -0.4 is 22.5 Å². The fourth-order valence-electron chi connectivity index (χ4n) is 2.93. The van der Waals surface area contributed by atoms with Crippen LogP contribution in [0.15, 0.2) is 0 Å². The first-order valence-corrected chi connectivity index (χ1v) is 7.15. The first-order valence-electron chi connectivity index (χ1n) is 7.15. The summed E-state index contributed by atoms with van der Waals surface area (Å²) in [6.45, 7) is 0. The molecule has 1 aliphatic carbocycles. The lowest BCUT2D eigenvalue weighted by molar-refractivity contribution is -0.131. The predicted octanol–water partition coefficient (Wildman–Crippen LogP) is 0.535. The third kappa shape index (κ3) is 4.83. The van der Waals surface area contributed by atoms with Gasteiger partial charge in [0.05, 0.1) is 0 Å². The highest BCUT2D eigenvalue weighted by Crippen LogP contribution is 2.37. The summed E-state index contributed by atoms with van der Waals surface area (Å²) >= 11 is 0. The third-order valence-corrected chi connectivity index (χ3v) is 4.17. The zero-order valence-electron chi connectivity index (χ0n) is 11.5. The summed E-state index contributed by atoms with van der Waals surface area (Å²) in [6, 6.07) is 0. The molecule has 6 nitrogen and oxygen atoms in total. The van der Waals surface area contributed by atoms with Crippen LogP contribution >= 0.6 is 0 Å². The van der Waals surface area contributed by atoms with Gasteiger partial charge in [-0.25, -0.2) is 11.7 Å². The average Bonchev–Trinajstić information content (AvgIpc) is 2.56. The smallest absolute Gasteiger partial charge is 0.239 e. The van der Waals surface area contributed by atoms with Gasteiger partial charge in [0.15, 0.2) is 5.81 Å². The second-order valence-electron chi connectivity index (χ2n) is 5.44. The van der Waals surface area contributed by atoms with E-state index in [0.29, 0.717) is 6.32 Å². The molecule has 0 aromatic heterocycles. The van der Waals surface area contributed by atoms with Crippen molar-refractivity contribution >= 4 is 19.0 Å². The maximum Gasteiger partial charge on any atom is 0.239 e. The van der Waals surface area contributed by atoms with Crippen LogP contribution in [0, 0.1) is 5.41 Å². The molecule has 19 heavy (non-hydrogen) atoms. The number of rotatable bonds is 4. The number of hydrazine groups is 2. The summed E-state index contributed by atoms with van der Waals surface area (Å²) in [4.78, 5) is 23.5. The molecule has 1 saturated carbocycles. The second-order valence-corrected chi connectivity index (χ2v) is 5.44. The van der Waals surface area contributed by atoms with Crippen LogP contribution in [0.5, 0.6) is 0 Å². The van der Waals surface area contributed by atoms with Gasteiger partial charge in [0.25, 0.3) is 0 Å². The minimum Gasteiger partial charge on any atom is -0.303 e. The molecular formula is C12H25BN4O2. The van der Waals surface area contributed by atoms with E-state index in [0.717, 1.165) is 38.5 Å². The summed E-state index contributed by atoms with van der Waals surface area (Å²) in [5.74, 6) is 10.1. The van der Waals surface area contributed by atoms with Crippen molar-refractivity contribution in [2.24, 2.45) is 17.1 Å². The Balaban J connectivity index is 2.75. The molecule has 0 bridgehead atoms. The Morgan fingerprint density at radius 3 is 1.95 bits per heavy atom. The molecule has 1 fully saturated rings. The minimum absolute atomic E-state index is 0.140. The van der Waals surface area contributed by atoms with Crippen molar-refractivity contribution in [2.75, 3.05) is 0 Å². The van der Waals surface area contributed by atoms with Crippen LogP contribution in [-0.4, -0.2) is 19.0 Å².